The number of nitrogens with zero attached hydrogens (tertiary/aromatic N) is 2. The Kier molecular flexibility index (Phi) is 4.17. The first kappa shape index (κ1) is 12.9. The van der Waals surface area contributed by atoms with Crippen molar-refractivity contribution in [1.82, 2.24) is 14.5 Å². The Morgan fingerprint density at radius 2 is 2.11 bits per heavy atom. The molecule has 0 fully saturated rings. The van der Waals surface area contributed by atoms with Gasteiger partial charge >= 0.3 is 5.69 Å². The molecular formula is C13H20N4O. The summed E-state index contributed by atoms with van der Waals surface area (Å²) in [5, 5.41) is 0. The Balaban J connectivity index is 2.03. The van der Waals surface area contributed by atoms with Gasteiger partial charge in [-0.25, -0.2) is 4.79 Å². The molecule has 0 aliphatic rings. The lowest BCUT2D eigenvalue weighted by Crippen LogP contribution is -2.28. The topological polar surface area (TPSA) is 67.0 Å². The third-order valence-corrected chi connectivity index (χ3v) is 3.11. The summed E-state index contributed by atoms with van der Waals surface area (Å²) in [5.41, 5.74) is 7.34. The van der Waals surface area contributed by atoms with Crippen LogP contribution in [0, 0.1) is 0 Å². The van der Waals surface area contributed by atoms with E-state index in [1.54, 1.807) is 4.57 Å². The molecule has 5 nitrogen and oxygen atoms in total. The minimum absolute atomic E-state index is 0.0299. The number of aryl methyl sites for hydroxylation is 1. The van der Waals surface area contributed by atoms with Gasteiger partial charge in [0, 0.05) is 19.6 Å². The number of aromatic nitrogens is 2. The number of fused-ring (bicyclic) bond motifs is 1. The Hall–Kier alpha value is -1.59. The predicted octanol–water partition coefficient (Wildman–Crippen LogP) is 0.610. The van der Waals surface area contributed by atoms with E-state index in [9.17, 15) is 4.79 Å². The number of hydrogen-bond donors (Lipinski definition) is 2. The number of para-hydroxylation sites is 2. The van der Waals surface area contributed by atoms with Crippen LogP contribution in [0.3, 0.4) is 0 Å². The van der Waals surface area contributed by atoms with Crippen molar-refractivity contribution >= 4 is 11.0 Å². The molecule has 1 aromatic heterocycles. The maximum Gasteiger partial charge on any atom is 0.326 e. The number of imidazole rings is 1. The molecule has 2 rings (SSSR count). The fourth-order valence-electron chi connectivity index (χ4n) is 2.16. The van der Waals surface area contributed by atoms with Gasteiger partial charge in [-0.15, -0.1) is 0 Å². The molecule has 0 saturated heterocycles. The van der Waals surface area contributed by atoms with Crippen LogP contribution in [-0.4, -0.2) is 41.1 Å². The molecule has 0 amide bonds. The average molecular weight is 248 g/mol. The van der Waals surface area contributed by atoms with Gasteiger partial charge in [-0.2, -0.15) is 0 Å². The van der Waals surface area contributed by atoms with Crippen molar-refractivity contribution in [2.45, 2.75) is 13.0 Å². The van der Waals surface area contributed by atoms with Crippen molar-refractivity contribution in [2.75, 3.05) is 26.7 Å². The zero-order chi connectivity index (χ0) is 13.0. The third-order valence-electron chi connectivity index (χ3n) is 3.11. The number of H-pyrrole nitrogens is 1. The lowest BCUT2D eigenvalue weighted by Gasteiger charge is -2.15. The smallest absolute Gasteiger partial charge is 0.326 e. The molecule has 0 radical (unpaired) electrons. The molecule has 18 heavy (non-hydrogen) atoms. The van der Waals surface area contributed by atoms with E-state index in [1.165, 1.54) is 0 Å². The summed E-state index contributed by atoms with van der Waals surface area (Å²) in [6.45, 7) is 3.24. The summed E-state index contributed by atoms with van der Waals surface area (Å²) < 4.78 is 1.80. The number of nitrogens with one attached hydrogen (secondary N) is 1. The molecule has 0 aliphatic carbocycles. The van der Waals surface area contributed by atoms with Gasteiger partial charge in [0.2, 0.25) is 0 Å². The maximum absolute atomic E-state index is 11.8. The average Bonchev–Trinajstić information content (AvgIpc) is 2.66. The lowest BCUT2D eigenvalue weighted by molar-refractivity contribution is 0.330. The van der Waals surface area contributed by atoms with E-state index >= 15 is 0 Å². The van der Waals surface area contributed by atoms with E-state index in [1.807, 2.05) is 31.3 Å². The molecule has 0 saturated carbocycles. The van der Waals surface area contributed by atoms with E-state index in [0.29, 0.717) is 6.54 Å². The molecular weight excluding hydrogens is 228 g/mol. The van der Waals surface area contributed by atoms with Gasteiger partial charge in [0.1, 0.15) is 0 Å². The molecule has 0 bridgehead atoms. The van der Waals surface area contributed by atoms with Gasteiger partial charge in [0.15, 0.2) is 0 Å². The molecule has 2 aromatic rings. The highest BCUT2D eigenvalue weighted by Crippen LogP contribution is 2.09. The maximum atomic E-state index is 11.8. The van der Waals surface area contributed by atoms with Crippen molar-refractivity contribution in [3.8, 4) is 0 Å². The Labute approximate surface area is 106 Å². The number of aromatic amines is 1. The van der Waals surface area contributed by atoms with Gasteiger partial charge < -0.3 is 15.6 Å². The Morgan fingerprint density at radius 1 is 1.33 bits per heavy atom. The van der Waals surface area contributed by atoms with Crippen LogP contribution in [0.5, 0.6) is 0 Å². The first-order valence-corrected chi connectivity index (χ1v) is 6.28. The molecule has 98 valence electrons. The standard InChI is InChI=1S/C13H20N4O/c1-16(10-7-14)8-4-9-17-12-6-3-2-5-11(12)15-13(17)18/h2-3,5-6H,4,7-10,14H2,1H3,(H,15,18). The number of rotatable bonds is 6. The second-order valence-electron chi connectivity index (χ2n) is 4.54. The van der Waals surface area contributed by atoms with Crippen LogP contribution in [0.1, 0.15) is 6.42 Å². The lowest BCUT2D eigenvalue weighted by atomic mass is 10.3. The molecule has 0 unspecified atom stereocenters. The van der Waals surface area contributed by atoms with E-state index < -0.39 is 0 Å². The third kappa shape index (κ3) is 2.80. The number of likely N-dealkylation sites (N-methyl/N-ethyl adjacent to an activating group) is 1. The van der Waals surface area contributed by atoms with Crippen LogP contribution in [-0.2, 0) is 6.54 Å². The van der Waals surface area contributed by atoms with E-state index in [0.717, 1.165) is 37.1 Å². The highest BCUT2D eigenvalue weighted by molar-refractivity contribution is 5.74. The molecule has 3 N–H and O–H groups in total. The molecule has 0 atom stereocenters. The first-order valence-electron chi connectivity index (χ1n) is 6.28. The normalized spacial score (nSPS) is 11.5. The molecule has 1 aromatic carbocycles. The van der Waals surface area contributed by atoms with Crippen molar-refractivity contribution in [3.63, 3.8) is 0 Å². The van der Waals surface area contributed by atoms with Crippen molar-refractivity contribution in [3.05, 3.63) is 34.7 Å². The first-order chi connectivity index (χ1) is 8.72. The monoisotopic (exact) mass is 248 g/mol. The van der Waals surface area contributed by atoms with Crippen LogP contribution in [0.4, 0.5) is 0 Å². The fourth-order valence-corrected chi connectivity index (χ4v) is 2.16. The van der Waals surface area contributed by atoms with Gasteiger partial charge in [-0.1, -0.05) is 12.1 Å². The zero-order valence-electron chi connectivity index (χ0n) is 10.7. The number of benzene rings is 1. The Bertz CT molecular complexity index is 557. The van der Waals surface area contributed by atoms with Crippen molar-refractivity contribution < 1.29 is 0 Å². The largest absolute Gasteiger partial charge is 0.329 e. The summed E-state index contributed by atoms with van der Waals surface area (Å²) in [4.78, 5) is 16.9. The van der Waals surface area contributed by atoms with E-state index in [-0.39, 0.29) is 5.69 Å². The quantitative estimate of drug-likeness (QED) is 0.787. The number of hydrogen-bond acceptors (Lipinski definition) is 3. The Morgan fingerprint density at radius 3 is 2.89 bits per heavy atom. The van der Waals surface area contributed by atoms with E-state index in [2.05, 4.69) is 9.88 Å². The van der Waals surface area contributed by atoms with Crippen molar-refractivity contribution in [1.29, 1.82) is 0 Å². The second kappa shape index (κ2) is 5.84. The fraction of sp³-hybridized carbons (Fsp3) is 0.462. The SMILES string of the molecule is CN(CCN)CCCn1c(=O)[nH]c2ccccc21. The van der Waals surface area contributed by atoms with Gasteiger partial charge in [0.25, 0.3) is 0 Å². The molecule has 1 heterocycles. The molecule has 0 aliphatic heterocycles. The van der Waals surface area contributed by atoms with Crippen LogP contribution in [0.15, 0.2) is 29.1 Å². The summed E-state index contributed by atoms with van der Waals surface area (Å²) in [7, 11) is 2.05. The summed E-state index contributed by atoms with van der Waals surface area (Å²) >= 11 is 0. The minimum Gasteiger partial charge on any atom is -0.329 e. The van der Waals surface area contributed by atoms with Crippen LogP contribution < -0.4 is 11.4 Å². The van der Waals surface area contributed by atoms with Crippen LogP contribution in [0.25, 0.3) is 11.0 Å². The molecule has 5 heteroatoms. The summed E-state index contributed by atoms with van der Waals surface area (Å²) in [6, 6.07) is 7.77. The number of nitrogens with two attached hydrogens (primary N) is 1. The van der Waals surface area contributed by atoms with Gasteiger partial charge in [-0.05, 0) is 32.1 Å². The van der Waals surface area contributed by atoms with E-state index in [4.69, 9.17) is 5.73 Å². The zero-order valence-corrected chi connectivity index (χ0v) is 10.7. The van der Waals surface area contributed by atoms with Crippen LogP contribution >= 0.6 is 0 Å². The van der Waals surface area contributed by atoms with Gasteiger partial charge in [0.05, 0.1) is 11.0 Å². The van der Waals surface area contributed by atoms with Gasteiger partial charge in [-0.3, -0.25) is 4.57 Å². The summed E-state index contributed by atoms with van der Waals surface area (Å²) in [6.07, 6.45) is 0.943. The highest BCUT2D eigenvalue weighted by Gasteiger charge is 2.05. The van der Waals surface area contributed by atoms with Crippen molar-refractivity contribution in [2.24, 2.45) is 5.73 Å². The van der Waals surface area contributed by atoms with Crippen LogP contribution in [0.2, 0.25) is 0 Å². The second-order valence-corrected chi connectivity index (χ2v) is 4.54. The molecule has 0 spiro atoms. The predicted molar refractivity (Wildman–Crippen MR) is 73.7 cm³/mol. The highest BCUT2D eigenvalue weighted by atomic mass is 16.1. The summed E-state index contributed by atoms with van der Waals surface area (Å²) in [5.74, 6) is 0. The minimum atomic E-state index is -0.0299.